The lowest BCUT2D eigenvalue weighted by Crippen LogP contribution is -2.24. The molecule has 0 saturated heterocycles. The number of carbonyl (C=O) groups excluding carboxylic acids is 2. The van der Waals surface area contributed by atoms with Crippen molar-refractivity contribution >= 4 is 34.3 Å². The lowest BCUT2D eigenvalue weighted by atomic mass is 10.0. The summed E-state index contributed by atoms with van der Waals surface area (Å²) in [6.45, 7) is 3.66. The van der Waals surface area contributed by atoms with E-state index in [-0.39, 0.29) is 5.78 Å². The van der Waals surface area contributed by atoms with E-state index >= 15 is 0 Å². The molecule has 0 spiro atoms. The molecule has 4 heteroatoms. The van der Waals surface area contributed by atoms with Crippen molar-refractivity contribution in [3.63, 3.8) is 0 Å². The first-order valence-electron chi connectivity index (χ1n) is 7.11. The average molecular weight is 408 g/mol. The van der Waals surface area contributed by atoms with Gasteiger partial charge in [0.15, 0.2) is 6.10 Å². The van der Waals surface area contributed by atoms with Crippen molar-refractivity contribution in [2.45, 2.75) is 26.4 Å². The van der Waals surface area contributed by atoms with E-state index < -0.39 is 12.1 Å². The molecule has 0 unspecified atom stereocenters. The fourth-order valence-corrected chi connectivity index (χ4v) is 2.37. The summed E-state index contributed by atoms with van der Waals surface area (Å²) in [5, 5.41) is 0. The predicted molar refractivity (Wildman–Crippen MR) is 94.2 cm³/mol. The lowest BCUT2D eigenvalue weighted by Gasteiger charge is -2.12. The Morgan fingerprint density at radius 3 is 2.09 bits per heavy atom. The lowest BCUT2D eigenvalue weighted by molar-refractivity contribution is 0.0319. The second-order valence-electron chi connectivity index (χ2n) is 4.97. The standard InChI is InChI=1S/C18H17IO3/c1-3-13-4-6-14(7-5-13)17(20)12(2)22-18(21)15-8-10-16(19)11-9-15/h4-12H,3H2,1-2H3/t12-/m0/s1. The third-order valence-corrected chi connectivity index (χ3v) is 4.10. The number of carbonyl (C=O) groups is 2. The first kappa shape index (κ1) is 16.7. The highest BCUT2D eigenvalue weighted by Gasteiger charge is 2.20. The van der Waals surface area contributed by atoms with E-state index in [2.05, 4.69) is 29.5 Å². The number of ketones is 1. The highest BCUT2D eigenvalue weighted by molar-refractivity contribution is 14.1. The zero-order valence-electron chi connectivity index (χ0n) is 12.5. The molecule has 0 aliphatic carbocycles. The van der Waals surface area contributed by atoms with Crippen molar-refractivity contribution in [2.24, 2.45) is 0 Å². The predicted octanol–water partition coefficient (Wildman–Crippen LogP) is 4.28. The molecule has 22 heavy (non-hydrogen) atoms. The van der Waals surface area contributed by atoms with Crippen LogP contribution in [-0.2, 0) is 11.2 Å². The molecule has 2 rings (SSSR count). The molecule has 3 nitrogen and oxygen atoms in total. The first-order valence-corrected chi connectivity index (χ1v) is 8.19. The number of rotatable bonds is 5. The summed E-state index contributed by atoms with van der Waals surface area (Å²) in [6, 6.07) is 14.4. The number of hydrogen-bond acceptors (Lipinski definition) is 3. The van der Waals surface area contributed by atoms with Crippen molar-refractivity contribution in [3.8, 4) is 0 Å². The van der Waals surface area contributed by atoms with Gasteiger partial charge in [0.2, 0.25) is 5.78 Å². The van der Waals surface area contributed by atoms with E-state index in [4.69, 9.17) is 4.74 Å². The Morgan fingerprint density at radius 1 is 1.00 bits per heavy atom. The van der Waals surface area contributed by atoms with Gasteiger partial charge in [-0.1, -0.05) is 31.2 Å². The van der Waals surface area contributed by atoms with Crippen LogP contribution in [0.25, 0.3) is 0 Å². The van der Waals surface area contributed by atoms with Gasteiger partial charge in [-0.15, -0.1) is 0 Å². The molecule has 2 aromatic rings. The SMILES string of the molecule is CCc1ccc(C(=O)[C@H](C)OC(=O)c2ccc(I)cc2)cc1. The van der Waals surface area contributed by atoms with Gasteiger partial charge in [-0.05, 0) is 65.8 Å². The maximum atomic E-state index is 12.3. The molecule has 0 heterocycles. The van der Waals surface area contributed by atoms with Crippen LogP contribution in [0.2, 0.25) is 0 Å². The Bertz CT molecular complexity index is 660. The second kappa shape index (κ2) is 7.54. The van der Waals surface area contributed by atoms with Crippen LogP contribution in [0, 0.1) is 3.57 Å². The summed E-state index contributed by atoms with van der Waals surface area (Å²) in [7, 11) is 0. The number of esters is 1. The van der Waals surface area contributed by atoms with Crippen LogP contribution in [0.15, 0.2) is 48.5 Å². The highest BCUT2D eigenvalue weighted by atomic mass is 127. The normalized spacial score (nSPS) is 11.8. The summed E-state index contributed by atoms with van der Waals surface area (Å²) < 4.78 is 6.29. The monoisotopic (exact) mass is 408 g/mol. The minimum absolute atomic E-state index is 0.193. The number of Topliss-reactive ketones (excluding diaryl/α,β-unsaturated/α-hetero) is 1. The molecule has 0 aromatic heterocycles. The summed E-state index contributed by atoms with van der Waals surface area (Å²) in [4.78, 5) is 24.3. The van der Waals surface area contributed by atoms with Crippen molar-refractivity contribution < 1.29 is 14.3 Å². The van der Waals surface area contributed by atoms with E-state index in [9.17, 15) is 9.59 Å². The second-order valence-corrected chi connectivity index (χ2v) is 6.21. The van der Waals surface area contributed by atoms with E-state index in [1.807, 2.05) is 24.3 Å². The molecule has 1 atom stereocenters. The maximum absolute atomic E-state index is 12.3. The molecule has 114 valence electrons. The van der Waals surface area contributed by atoms with E-state index in [0.717, 1.165) is 9.99 Å². The largest absolute Gasteiger partial charge is 0.451 e. The van der Waals surface area contributed by atoms with Crippen LogP contribution < -0.4 is 0 Å². The molecular weight excluding hydrogens is 391 g/mol. The van der Waals surface area contributed by atoms with Gasteiger partial charge in [-0.3, -0.25) is 4.79 Å². The van der Waals surface area contributed by atoms with Gasteiger partial charge in [0.25, 0.3) is 0 Å². The summed E-state index contributed by atoms with van der Waals surface area (Å²) in [6.07, 6.45) is 0.116. The molecule has 0 amide bonds. The average Bonchev–Trinajstić information content (AvgIpc) is 2.54. The van der Waals surface area contributed by atoms with Crippen molar-refractivity contribution in [2.75, 3.05) is 0 Å². The Hall–Kier alpha value is -1.69. The number of aryl methyl sites for hydroxylation is 1. The maximum Gasteiger partial charge on any atom is 0.338 e. The quantitative estimate of drug-likeness (QED) is 0.422. The number of ether oxygens (including phenoxy) is 1. The zero-order chi connectivity index (χ0) is 16.1. The minimum Gasteiger partial charge on any atom is -0.451 e. The smallest absolute Gasteiger partial charge is 0.338 e. The van der Waals surface area contributed by atoms with Crippen LogP contribution in [0.3, 0.4) is 0 Å². The van der Waals surface area contributed by atoms with Crippen LogP contribution in [-0.4, -0.2) is 17.9 Å². The third kappa shape index (κ3) is 4.16. The van der Waals surface area contributed by atoms with Crippen molar-refractivity contribution in [1.29, 1.82) is 0 Å². The fraction of sp³-hybridized carbons (Fsp3) is 0.222. The van der Waals surface area contributed by atoms with Gasteiger partial charge in [-0.25, -0.2) is 4.79 Å². The van der Waals surface area contributed by atoms with Gasteiger partial charge in [0.1, 0.15) is 0 Å². The minimum atomic E-state index is -0.806. The Labute approximate surface area is 143 Å². The molecular formula is C18H17IO3. The van der Waals surface area contributed by atoms with Crippen molar-refractivity contribution in [1.82, 2.24) is 0 Å². The summed E-state index contributed by atoms with van der Waals surface area (Å²) >= 11 is 2.16. The highest BCUT2D eigenvalue weighted by Crippen LogP contribution is 2.12. The molecule has 0 N–H and O–H groups in total. The first-order chi connectivity index (χ1) is 10.5. The molecule has 0 bridgehead atoms. The fourth-order valence-electron chi connectivity index (χ4n) is 2.01. The molecule has 0 fully saturated rings. The third-order valence-electron chi connectivity index (χ3n) is 3.38. The van der Waals surface area contributed by atoms with Crippen LogP contribution in [0.4, 0.5) is 0 Å². The van der Waals surface area contributed by atoms with Gasteiger partial charge >= 0.3 is 5.97 Å². The van der Waals surface area contributed by atoms with E-state index in [0.29, 0.717) is 11.1 Å². The van der Waals surface area contributed by atoms with Gasteiger partial charge in [0.05, 0.1) is 5.56 Å². The number of benzene rings is 2. The van der Waals surface area contributed by atoms with Crippen LogP contribution in [0.5, 0.6) is 0 Å². The van der Waals surface area contributed by atoms with Crippen molar-refractivity contribution in [3.05, 3.63) is 68.8 Å². The van der Waals surface area contributed by atoms with Gasteiger partial charge in [0, 0.05) is 9.13 Å². The van der Waals surface area contributed by atoms with E-state index in [1.54, 1.807) is 31.2 Å². The molecule has 0 aliphatic heterocycles. The van der Waals surface area contributed by atoms with Crippen LogP contribution >= 0.6 is 22.6 Å². The van der Waals surface area contributed by atoms with Gasteiger partial charge < -0.3 is 4.74 Å². The molecule has 0 saturated carbocycles. The summed E-state index contributed by atoms with van der Waals surface area (Å²) in [5.74, 6) is -0.677. The summed E-state index contributed by atoms with van der Waals surface area (Å²) in [5.41, 5.74) is 2.17. The Kier molecular flexibility index (Phi) is 5.71. The Balaban J connectivity index is 2.03. The topological polar surface area (TPSA) is 43.4 Å². The Morgan fingerprint density at radius 2 is 1.55 bits per heavy atom. The molecule has 2 aromatic carbocycles. The number of halogens is 1. The molecule has 0 aliphatic rings. The van der Waals surface area contributed by atoms with Gasteiger partial charge in [-0.2, -0.15) is 0 Å². The van der Waals surface area contributed by atoms with Crippen LogP contribution in [0.1, 0.15) is 40.1 Å². The van der Waals surface area contributed by atoms with E-state index in [1.165, 1.54) is 5.56 Å². The number of hydrogen-bond donors (Lipinski definition) is 0. The molecule has 0 radical (unpaired) electrons. The zero-order valence-corrected chi connectivity index (χ0v) is 14.7.